The van der Waals surface area contributed by atoms with Crippen molar-refractivity contribution >= 4 is 5.78 Å². The molecule has 0 saturated carbocycles. The zero-order valence-electron chi connectivity index (χ0n) is 10.6. The minimum absolute atomic E-state index is 0.167. The molecule has 18 heavy (non-hydrogen) atoms. The summed E-state index contributed by atoms with van der Waals surface area (Å²) < 4.78 is 0. The lowest BCUT2D eigenvalue weighted by Crippen LogP contribution is -1.69. The van der Waals surface area contributed by atoms with E-state index in [-0.39, 0.29) is 5.78 Å². The van der Waals surface area contributed by atoms with Gasteiger partial charge >= 0.3 is 0 Å². The van der Waals surface area contributed by atoms with E-state index in [0.29, 0.717) is 11.5 Å². The Kier molecular flexibility index (Phi) is 8.64. The molecule has 2 N–H and O–H groups in total. The summed E-state index contributed by atoms with van der Waals surface area (Å²) >= 11 is 0. The summed E-state index contributed by atoms with van der Waals surface area (Å²) in [5.74, 6) is 0.810. The number of carbonyl (C=O) groups excluding carboxylic acids is 1. The highest BCUT2D eigenvalue weighted by Crippen LogP contribution is 2.03. The van der Waals surface area contributed by atoms with Crippen LogP contribution in [-0.4, -0.2) is 16.0 Å². The van der Waals surface area contributed by atoms with Crippen LogP contribution in [0.5, 0.6) is 11.5 Å². The molecule has 96 valence electrons. The van der Waals surface area contributed by atoms with Crippen molar-refractivity contribution in [1.82, 2.24) is 0 Å². The average molecular weight is 246 g/mol. The summed E-state index contributed by atoms with van der Waals surface area (Å²) in [6, 6.07) is 17.4. The highest BCUT2D eigenvalue weighted by atomic mass is 16.3. The summed E-state index contributed by atoms with van der Waals surface area (Å²) in [5, 5.41) is 17.3. The second-order valence-electron chi connectivity index (χ2n) is 3.58. The standard InChI is InChI=1S/2C6H6O.C3H6O/c2*7-6-4-2-1-3-5-6;1-3(2)4/h2*1-5,7H;1-2H3. The van der Waals surface area contributed by atoms with E-state index in [2.05, 4.69) is 0 Å². The lowest BCUT2D eigenvalue weighted by molar-refractivity contribution is -0.114. The summed E-state index contributed by atoms with van der Waals surface area (Å²) in [7, 11) is 0. The van der Waals surface area contributed by atoms with Crippen LogP contribution in [0.3, 0.4) is 0 Å². The van der Waals surface area contributed by atoms with E-state index in [9.17, 15) is 4.79 Å². The lowest BCUT2D eigenvalue weighted by Gasteiger charge is -1.82. The third-order valence-corrected chi connectivity index (χ3v) is 1.51. The SMILES string of the molecule is CC(C)=O.Oc1ccccc1.Oc1ccccc1. The Morgan fingerprint density at radius 3 is 1.06 bits per heavy atom. The van der Waals surface area contributed by atoms with Gasteiger partial charge in [0.25, 0.3) is 0 Å². The van der Waals surface area contributed by atoms with Gasteiger partial charge in [-0.2, -0.15) is 0 Å². The second kappa shape index (κ2) is 9.90. The Balaban J connectivity index is 0.000000253. The molecular weight excluding hydrogens is 228 g/mol. The van der Waals surface area contributed by atoms with Crippen LogP contribution in [0.25, 0.3) is 0 Å². The molecule has 2 rings (SSSR count). The minimum atomic E-state index is 0.167. The van der Waals surface area contributed by atoms with Crippen molar-refractivity contribution in [1.29, 1.82) is 0 Å². The van der Waals surface area contributed by atoms with Crippen LogP contribution >= 0.6 is 0 Å². The molecule has 0 saturated heterocycles. The Labute approximate surface area is 107 Å². The van der Waals surface area contributed by atoms with E-state index in [4.69, 9.17) is 10.2 Å². The molecule has 0 aliphatic rings. The van der Waals surface area contributed by atoms with Gasteiger partial charge in [0.2, 0.25) is 0 Å². The van der Waals surface area contributed by atoms with Crippen molar-refractivity contribution in [2.75, 3.05) is 0 Å². The van der Waals surface area contributed by atoms with Gasteiger partial charge in [-0.3, -0.25) is 0 Å². The average Bonchev–Trinajstić information content (AvgIpc) is 2.31. The third-order valence-electron chi connectivity index (χ3n) is 1.51. The minimum Gasteiger partial charge on any atom is -0.508 e. The molecule has 3 heteroatoms. The molecule has 0 heterocycles. The van der Waals surface area contributed by atoms with E-state index >= 15 is 0 Å². The fourth-order valence-corrected chi connectivity index (χ4v) is 0.856. The molecule has 0 amide bonds. The van der Waals surface area contributed by atoms with Crippen molar-refractivity contribution in [3.8, 4) is 11.5 Å². The van der Waals surface area contributed by atoms with Gasteiger partial charge in [-0.1, -0.05) is 36.4 Å². The van der Waals surface area contributed by atoms with Crippen LogP contribution < -0.4 is 0 Å². The van der Waals surface area contributed by atoms with Crippen molar-refractivity contribution in [3.05, 3.63) is 60.7 Å². The number of ketones is 1. The molecular formula is C15H18O3. The molecule has 0 radical (unpaired) electrons. The highest BCUT2D eigenvalue weighted by Gasteiger charge is 1.75. The number of phenolic OH excluding ortho intramolecular Hbond substituents is 2. The van der Waals surface area contributed by atoms with Crippen molar-refractivity contribution in [3.63, 3.8) is 0 Å². The van der Waals surface area contributed by atoms with Crippen molar-refractivity contribution < 1.29 is 15.0 Å². The predicted octanol–water partition coefficient (Wildman–Crippen LogP) is 3.38. The molecule has 0 aliphatic carbocycles. The quantitative estimate of drug-likeness (QED) is 0.749. The fraction of sp³-hybridized carbons (Fsp3) is 0.133. The van der Waals surface area contributed by atoms with E-state index in [0.717, 1.165) is 0 Å². The second-order valence-corrected chi connectivity index (χ2v) is 3.58. The first-order chi connectivity index (χ1) is 8.52. The largest absolute Gasteiger partial charge is 0.508 e. The molecule has 0 spiro atoms. The first-order valence-electron chi connectivity index (χ1n) is 5.47. The number of para-hydroxylation sites is 2. The monoisotopic (exact) mass is 246 g/mol. The van der Waals surface area contributed by atoms with Crippen LogP contribution in [0.4, 0.5) is 0 Å². The number of benzene rings is 2. The molecule has 0 bridgehead atoms. The Morgan fingerprint density at radius 2 is 0.944 bits per heavy atom. The van der Waals surface area contributed by atoms with E-state index < -0.39 is 0 Å². The van der Waals surface area contributed by atoms with Gasteiger partial charge in [-0.15, -0.1) is 0 Å². The van der Waals surface area contributed by atoms with E-state index in [1.54, 1.807) is 48.5 Å². The molecule has 3 nitrogen and oxygen atoms in total. The highest BCUT2D eigenvalue weighted by molar-refractivity contribution is 5.72. The van der Waals surface area contributed by atoms with Crippen molar-refractivity contribution in [2.24, 2.45) is 0 Å². The van der Waals surface area contributed by atoms with Gasteiger partial charge in [0.1, 0.15) is 17.3 Å². The Morgan fingerprint density at radius 1 is 0.722 bits per heavy atom. The zero-order chi connectivity index (χ0) is 13.8. The first kappa shape index (κ1) is 15.7. The zero-order valence-corrected chi connectivity index (χ0v) is 10.6. The number of aromatic hydroxyl groups is 2. The van der Waals surface area contributed by atoms with Gasteiger partial charge < -0.3 is 15.0 Å². The van der Waals surface area contributed by atoms with Crippen LogP contribution in [0, 0.1) is 0 Å². The van der Waals surface area contributed by atoms with Crippen LogP contribution in [0.1, 0.15) is 13.8 Å². The molecule has 0 fully saturated rings. The predicted molar refractivity (Wildman–Crippen MR) is 72.6 cm³/mol. The maximum atomic E-state index is 9.44. The fourth-order valence-electron chi connectivity index (χ4n) is 0.856. The number of hydrogen-bond donors (Lipinski definition) is 2. The summed E-state index contributed by atoms with van der Waals surface area (Å²) in [6.45, 7) is 3.06. The normalized spacial score (nSPS) is 8.11. The summed E-state index contributed by atoms with van der Waals surface area (Å²) in [4.78, 5) is 9.44. The van der Waals surface area contributed by atoms with Crippen LogP contribution in [0.2, 0.25) is 0 Å². The van der Waals surface area contributed by atoms with E-state index in [1.807, 2.05) is 12.1 Å². The maximum absolute atomic E-state index is 9.44. The number of phenols is 2. The number of rotatable bonds is 0. The van der Waals surface area contributed by atoms with Gasteiger partial charge in [0, 0.05) is 0 Å². The number of carbonyl (C=O) groups is 1. The molecule has 2 aromatic rings. The van der Waals surface area contributed by atoms with Crippen LogP contribution in [0.15, 0.2) is 60.7 Å². The summed E-state index contributed by atoms with van der Waals surface area (Å²) in [6.07, 6.45) is 0. The number of Topliss-reactive ketones (excluding diaryl/α,β-unsaturated/α-hetero) is 1. The van der Waals surface area contributed by atoms with Gasteiger partial charge in [-0.05, 0) is 38.1 Å². The first-order valence-corrected chi connectivity index (χ1v) is 5.47. The van der Waals surface area contributed by atoms with Gasteiger partial charge in [-0.25, -0.2) is 0 Å². The Hall–Kier alpha value is -2.29. The van der Waals surface area contributed by atoms with E-state index in [1.165, 1.54) is 13.8 Å². The van der Waals surface area contributed by atoms with Crippen molar-refractivity contribution in [2.45, 2.75) is 13.8 Å². The van der Waals surface area contributed by atoms with Gasteiger partial charge in [0.15, 0.2) is 0 Å². The molecule has 0 unspecified atom stereocenters. The Bertz CT molecular complexity index is 383. The molecule has 0 aliphatic heterocycles. The maximum Gasteiger partial charge on any atom is 0.126 e. The smallest absolute Gasteiger partial charge is 0.126 e. The lowest BCUT2D eigenvalue weighted by atomic mass is 10.3. The summed E-state index contributed by atoms with van der Waals surface area (Å²) in [5.41, 5.74) is 0. The molecule has 0 aromatic heterocycles. The number of hydrogen-bond acceptors (Lipinski definition) is 3. The topological polar surface area (TPSA) is 57.5 Å². The third kappa shape index (κ3) is 11.8. The van der Waals surface area contributed by atoms with Crippen LogP contribution in [-0.2, 0) is 4.79 Å². The molecule has 2 aromatic carbocycles. The molecule has 0 atom stereocenters. The van der Waals surface area contributed by atoms with Gasteiger partial charge in [0.05, 0.1) is 0 Å².